The molecule has 2 heterocycles. The Labute approximate surface area is 96.5 Å². The molecule has 0 radical (unpaired) electrons. The summed E-state index contributed by atoms with van der Waals surface area (Å²) >= 11 is 0. The molecule has 4 nitrogen and oxygen atoms in total. The highest BCUT2D eigenvalue weighted by Crippen LogP contribution is 2.24. The van der Waals surface area contributed by atoms with Crippen LogP contribution in [0.4, 0.5) is 4.79 Å². The molecular weight excluding hydrogens is 202 g/mol. The van der Waals surface area contributed by atoms with Crippen LogP contribution in [0.25, 0.3) is 0 Å². The number of amides is 1. The van der Waals surface area contributed by atoms with Gasteiger partial charge in [0.2, 0.25) is 0 Å². The Bertz CT molecular complexity index is 383. The monoisotopic (exact) mass is 222 g/mol. The number of imidazole rings is 1. The number of aromatic nitrogens is 2. The normalized spacial score (nSPS) is 20.8. The van der Waals surface area contributed by atoms with Crippen LogP contribution in [0.5, 0.6) is 0 Å². The fourth-order valence-corrected chi connectivity index (χ4v) is 2.43. The van der Waals surface area contributed by atoms with Crippen LogP contribution < -0.4 is 4.57 Å². The number of rotatable bonds is 1. The van der Waals surface area contributed by atoms with Crippen LogP contribution in [0.1, 0.15) is 26.7 Å². The molecule has 1 fully saturated rings. The highest BCUT2D eigenvalue weighted by molar-refractivity contribution is 5.77. The van der Waals surface area contributed by atoms with Crippen molar-refractivity contribution in [2.24, 2.45) is 13.0 Å². The van der Waals surface area contributed by atoms with Crippen molar-refractivity contribution in [3.8, 4) is 0 Å². The van der Waals surface area contributed by atoms with Gasteiger partial charge in [-0.05, 0) is 18.8 Å². The molecule has 16 heavy (non-hydrogen) atoms. The van der Waals surface area contributed by atoms with E-state index in [-0.39, 0.29) is 6.03 Å². The first-order valence-corrected chi connectivity index (χ1v) is 5.94. The minimum absolute atomic E-state index is 0.108. The lowest BCUT2D eigenvalue weighted by Gasteiger charge is -2.25. The van der Waals surface area contributed by atoms with Crippen molar-refractivity contribution in [3.05, 3.63) is 18.7 Å². The largest absolute Gasteiger partial charge is 0.416 e. The summed E-state index contributed by atoms with van der Waals surface area (Å²) in [6, 6.07) is 0.511. The van der Waals surface area contributed by atoms with Gasteiger partial charge in [0.1, 0.15) is 12.4 Å². The van der Waals surface area contributed by atoms with Crippen molar-refractivity contribution in [2.75, 3.05) is 6.54 Å². The molecule has 0 aromatic carbocycles. The summed E-state index contributed by atoms with van der Waals surface area (Å²) in [5.41, 5.74) is 0. The highest BCUT2D eigenvalue weighted by Gasteiger charge is 2.33. The third-order valence-corrected chi connectivity index (χ3v) is 3.30. The fourth-order valence-electron chi connectivity index (χ4n) is 2.43. The van der Waals surface area contributed by atoms with Crippen molar-refractivity contribution in [2.45, 2.75) is 32.7 Å². The van der Waals surface area contributed by atoms with Gasteiger partial charge in [-0.25, -0.2) is 9.36 Å². The van der Waals surface area contributed by atoms with E-state index in [0.29, 0.717) is 12.0 Å². The van der Waals surface area contributed by atoms with Crippen LogP contribution >= 0.6 is 0 Å². The molecule has 0 saturated carbocycles. The number of likely N-dealkylation sites (tertiary alicyclic amines) is 1. The lowest BCUT2D eigenvalue weighted by molar-refractivity contribution is -0.670. The quantitative estimate of drug-likeness (QED) is 0.660. The van der Waals surface area contributed by atoms with Gasteiger partial charge < -0.3 is 4.90 Å². The number of nitrogens with zero attached hydrogens (tertiary/aromatic N) is 3. The summed E-state index contributed by atoms with van der Waals surface area (Å²) in [6.07, 6.45) is 7.78. The predicted molar refractivity (Wildman–Crippen MR) is 61.0 cm³/mol. The first kappa shape index (κ1) is 11.2. The number of aryl methyl sites for hydroxylation is 1. The second-order valence-electron chi connectivity index (χ2n) is 4.92. The molecule has 1 aliphatic heterocycles. The van der Waals surface area contributed by atoms with E-state index in [1.807, 2.05) is 35.2 Å². The SMILES string of the molecule is CC(C)C1CCCN1C(=O)n1cc[n+](C)c1. The Kier molecular flexibility index (Phi) is 2.99. The van der Waals surface area contributed by atoms with Crippen LogP contribution in [0.2, 0.25) is 0 Å². The average molecular weight is 222 g/mol. The summed E-state index contributed by atoms with van der Waals surface area (Å²) in [6.45, 7) is 5.27. The zero-order chi connectivity index (χ0) is 11.7. The molecule has 4 heteroatoms. The zero-order valence-electron chi connectivity index (χ0n) is 10.3. The Morgan fingerprint density at radius 1 is 1.50 bits per heavy atom. The Hall–Kier alpha value is -1.32. The van der Waals surface area contributed by atoms with Crippen molar-refractivity contribution >= 4 is 6.03 Å². The van der Waals surface area contributed by atoms with E-state index < -0.39 is 0 Å². The lowest BCUT2D eigenvalue weighted by atomic mass is 10.0. The topological polar surface area (TPSA) is 29.1 Å². The molecule has 1 aromatic rings. The van der Waals surface area contributed by atoms with Gasteiger partial charge in [0.25, 0.3) is 6.33 Å². The number of hydrogen-bond acceptors (Lipinski definition) is 1. The standard InChI is InChI=1S/C12H20N3O/c1-10(2)11-5-4-6-15(11)12(16)14-8-7-13(3)9-14/h7-11H,4-6H2,1-3H3/q+1. The Morgan fingerprint density at radius 3 is 2.81 bits per heavy atom. The minimum atomic E-state index is 0.108. The molecule has 88 valence electrons. The van der Waals surface area contributed by atoms with E-state index >= 15 is 0 Å². The average Bonchev–Trinajstić information content (AvgIpc) is 2.84. The highest BCUT2D eigenvalue weighted by atomic mass is 16.2. The molecule has 0 spiro atoms. The smallest absolute Gasteiger partial charge is 0.301 e. The number of carbonyl (C=O) groups is 1. The van der Waals surface area contributed by atoms with E-state index in [1.165, 1.54) is 0 Å². The predicted octanol–water partition coefficient (Wildman–Crippen LogP) is 1.40. The van der Waals surface area contributed by atoms with Crippen LogP contribution in [0.3, 0.4) is 0 Å². The van der Waals surface area contributed by atoms with Crippen LogP contribution in [0.15, 0.2) is 18.7 Å². The minimum Gasteiger partial charge on any atom is -0.301 e. The van der Waals surface area contributed by atoms with Gasteiger partial charge in [0, 0.05) is 12.6 Å². The summed E-state index contributed by atoms with van der Waals surface area (Å²) in [4.78, 5) is 14.3. The van der Waals surface area contributed by atoms with Gasteiger partial charge >= 0.3 is 6.03 Å². The molecule has 1 atom stereocenters. The summed E-state index contributed by atoms with van der Waals surface area (Å²) in [5, 5.41) is 0. The molecule has 1 saturated heterocycles. The van der Waals surface area contributed by atoms with E-state index in [1.54, 1.807) is 4.57 Å². The summed E-state index contributed by atoms with van der Waals surface area (Å²) in [5.74, 6) is 0.538. The molecule has 1 unspecified atom stereocenters. The molecule has 0 N–H and O–H groups in total. The van der Waals surface area contributed by atoms with E-state index in [9.17, 15) is 4.79 Å². The van der Waals surface area contributed by atoms with Gasteiger partial charge in [0.15, 0.2) is 0 Å². The molecule has 1 amide bonds. The summed E-state index contributed by atoms with van der Waals surface area (Å²) in [7, 11) is 1.92. The van der Waals surface area contributed by atoms with E-state index in [0.717, 1.165) is 19.4 Å². The molecular formula is C12H20N3O+. The summed E-state index contributed by atoms with van der Waals surface area (Å²) < 4.78 is 3.55. The second kappa shape index (κ2) is 4.28. The third kappa shape index (κ3) is 1.96. The van der Waals surface area contributed by atoms with Gasteiger partial charge in [-0.15, -0.1) is 0 Å². The number of hydrogen-bond donors (Lipinski definition) is 0. The van der Waals surface area contributed by atoms with Crippen molar-refractivity contribution in [3.63, 3.8) is 0 Å². The van der Waals surface area contributed by atoms with Gasteiger partial charge in [-0.3, -0.25) is 0 Å². The maximum Gasteiger partial charge on any atom is 0.416 e. The fraction of sp³-hybridized carbons (Fsp3) is 0.667. The second-order valence-corrected chi connectivity index (χ2v) is 4.92. The Balaban J connectivity index is 2.15. The number of carbonyl (C=O) groups excluding carboxylic acids is 1. The molecule has 2 rings (SSSR count). The Morgan fingerprint density at radius 2 is 2.25 bits per heavy atom. The molecule has 0 bridgehead atoms. The van der Waals surface area contributed by atoms with Crippen molar-refractivity contribution in [1.82, 2.24) is 9.47 Å². The molecule has 0 aliphatic carbocycles. The van der Waals surface area contributed by atoms with Crippen LogP contribution in [-0.4, -0.2) is 28.1 Å². The molecule has 1 aliphatic rings. The first-order chi connectivity index (χ1) is 7.59. The third-order valence-electron chi connectivity index (χ3n) is 3.30. The van der Waals surface area contributed by atoms with Crippen LogP contribution in [-0.2, 0) is 7.05 Å². The van der Waals surface area contributed by atoms with E-state index in [2.05, 4.69) is 13.8 Å². The van der Waals surface area contributed by atoms with Gasteiger partial charge in [-0.2, -0.15) is 4.57 Å². The maximum atomic E-state index is 12.3. The lowest BCUT2D eigenvalue weighted by Crippen LogP contribution is -2.41. The van der Waals surface area contributed by atoms with Gasteiger partial charge in [0.05, 0.1) is 7.05 Å². The molecule has 1 aromatic heterocycles. The van der Waals surface area contributed by atoms with Crippen LogP contribution in [0, 0.1) is 5.92 Å². The zero-order valence-corrected chi connectivity index (χ0v) is 10.3. The van der Waals surface area contributed by atoms with Crippen molar-refractivity contribution < 1.29 is 9.36 Å². The van der Waals surface area contributed by atoms with E-state index in [4.69, 9.17) is 0 Å². The van der Waals surface area contributed by atoms with Gasteiger partial charge in [-0.1, -0.05) is 13.8 Å². The maximum absolute atomic E-state index is 12.3. The van der Waals surface area contributed by atoms with Crippen molar-refractivity contribution in [1.29, 1.82) is 0 Å². The first-order valence-electron chi connectivity index (χ1n) is 5.94.